The minimum absolute atomic E-state index is 0.113. The van der Waals surface area contributed by atoms with Gasteiger partial charge in [0.1, 0.15) is 5.75 Å². The fourth-order valence-corrected chi connectivity index (χ4v) is 6.37. The van der Waals surface area contributed by atoms with Crippen molar-refractivity contribution in [1.82, 2.24) is 4.90 Å². The van der Waals surface area contributed by atoms with Crippen molar-refractivity contribution in [3.8, 4) is 17.6 Å². The van der Waals surface area contributed by atoms with Crippen LogP contribution in [0.3, 0.4) is 0 Å². The Balaban J connectivity index is 1.55. The van der Waals surface area contributed by atoms with E-state index < -0.39 is 34.5 Å². The maximum atomic E-state index is 13.6. The number of β-amino-alcohol motifs (C(OH)–C–C–N with tert-alkyl or cyclic N) is 1. The van der Waals surface area contributed by atoms with Crippen LogP contribution in [0.15, 0.2) is 46.9 Å². The molecule has 1 aliphatic heterocycles. The number of sulfone groups is 1. The Morgan fingerprint density at radius 3 is 2.66 bits per heavy atom. The summed E-state index contributed by atoms with van der Waals surface area (Å²) < 4.78 is 75.0. The van der Waals surface area contributed by atoms with Gasteiger partial charge in [-0.15, -0.1) is 0 Å². The summed E-state index contributed by atoms with van der Waals surface area (Å²) in [6.07, 6.45) is -1.27. The molecular formula is C32H40F3N3O5S. The van der Waals surface area contributed by atoms with Gasteiger partial charge in [0.15, 0.2) is 9.84 Å². The zero-order valence-corrected chi connectivity index (χ0v) is 26.0. The molecule has 240 valence electrons. The molecule has 2 aliphatic rings. The first-order chi connectivity index (χ1) is 20.9. The normalized spacial score (nSPS) is 19.7. The van der Waals surface area contributed by atoms with Crippen LogP contribution in [0.1, 0.15) is 30.4 Å². The molecule has 3 unspecified atom stereocenters. The van der Waals surface area contributed by atoms with E-state index in [4.69, 9.17) is 9.47 Å². The monoisotopic (exact) mass is 635 g/mol. The molecule has 2 aromatic rings. The summed E-state index contributed by atoms with van der Waals surface area (Å²) >= 11 is 0. The van der Waals surface area contributed by atoms with Crippen LogP contribution in [0, 0.1) is 17.8 Å². The number of anilines is 2. The molecule has 44 heavy (non-hydrogen) atoms. The zero-order chi connectivity index (χ0) is 31.9. The Labute approximate surface area is 257 Å². The molecule has 4 rings (SSSR count). The number of allylic oxidation sites excluding steroid dienone is 1. The van der Waals surface area contributed by atoms with Crippen LogP contribution in [-0.4, -0.2) is 90.0 Å². The van der Waals surface area contributed by atoms with E-state index in [1.165, 1.54) is 19.2 Å². The first-order valence-corrected chi connectivity index (χ1v) is 16.4. The molecule has 2 aromatic carbocycles. The Morgan fingerprint density at radius 2 is 1.95 bits per heavy atom. The number of aliphatic hydroxyl groups is 1. The van der Waals surface area contributed by atoms with Gasteiger partial charge in [-0.3, -0.25) is 4.90 Å². The number of likely N-dealkylation sites (tertiary alicyclic amines) is 1. The highest BCUT2D eigenvalue weighted by molar-refractivity contribution is 7.90. The van der Waals surface area contributed by atoms with Crippen LogP contribution >= 0.6 is 0 Å². The number of hydrogen-bond acceptors (Lipinski definition) is 8. The van der Waals surface area contributed by atoms with Gasteiger partial charge in [-0.05, 0) is 49.1 Å². The van der Waals surface area contributed by atoms with Crippen molar-refractivity contribution in [3.05, 3.63) is 53.1 Å². The molecule has 0 spiro atoms. The van der Waals surface area contributed by atoms with E-state index in [9.17, 15) is 26.7 Å². The van der Waals surface area contributed by atoms with Crippen LogP contribution in [0.4, 0.5) is 24.5 Å². The molecule has 0 bridgehead atoms. The van der Waals surface area contributed by atoms with Gasteiger partial charge >= 0.3 is 6.18 Å². The van der Waals surface area contributed by atoms with Crippen LogP contribution in [-0.2, 0) is 21.0 Å². The first kappa shape index (κ1) is 33.6. The number of ether oxygens (including phenoxy) is 2. The van der Waals surface area contributed by atoms with E-state index in [0.717, 1.165) is 42.6 Å². The maximum absolute atomic E-state index is 13.6. The molecule has 12 heteroatoms. The lowest BCUT2D eigenvalue weighted by molar-refractivity contribution is -0.141. The number of fused-ring (bicyclic) bond motifs is 1. The fraction of sp³-hybridized carbons (Fsp3) is 0.500. The van der Waals surface area contributed by atoms with Crippen LogP contribution in [0.2, 0.25) is 0 Å². The summed E-state index contributed by atoms with van der Waals surface area (Å²) in [5.41, 5.74) is 3.62. The van der Waals surface area contributed by atoms with Crippen LogP contribution in [0.5, 0.6) is 5.75 Å². The highest BCUT2D eigenvalue weighted by Crippen LogP contribution is 2.38. The number of methoxy groups -OCH3 is 2. The summed E-state index contributed by atoms with van der Waals surface area (Å²) in [6, 6.07) is 10.4. The molecule has 1 aliphatic carbocycles. The summed E-state index contributed by atoms with van der Waals surface area (Å²) in [5.74, 6) is 5.52. The van der Waals surface area contributed by atoms with Gasteiger partial charge in [-0.2, -0.15) is 13.2 Å². The van der Waals surface area contributed by atoms with Crippen LogP contribution < -0.4 is 15.4 Å². The predicted octanol–water partition coefficient (Wildman–Crippen LogP) is 4.61. The lowest BCUT2D eigenvalue weighted by atomic mass is 9.91. The quantitative estimate of drug-likeness (QED) is 0.308. The third-order valence-corrected chi connectivity index (χ3v) is 8.95. The Bertz CT molecular complexity index is 1500. The summed E-state index contributed by atoms with van der Waals surface area (Å²) in [5, 5.41) is 16.8. The Kier molecular flexibility index (Phi) is 11.2. The minimum Gasteiger partial charge on any atom is -0.495 e. The van der Waals surface area contributed by atoms with Crippen molar-refractivity contribution in [2.24, 2.45) is 5.92 Å². The average molecular weight is 636 g/mol. The summed E-state index contributed by atoms with van der Waals surface area (Å²) in [7, 11) is -0.441. The molecular weight excluding hydrogens is 595 g/mol. The number of hydrogen-bond donors (Lipinski definition) is 3. The highest BCUT2D eigenvalue weighted by atomic mass is 32.2. The number of alkyl halides is 3. The van der Waals surface area contributed by atoms with Gasteiger partial charge in [-0.25, -0.2) is 8.42 Å². The highest BCUT2D eigenvalue weighted by Gasteiger charge is 2.34. The van der Waals surface area contributed by atoms with Crippen molar-refractivity contribution >= 4 is 27.3 Å². The smallest absolute Gasteiger partial charge is 0.389 e. The topological polar surface area (TPSA) is 100 Å². The number of aliphatic hydroxyl groups excluding tert-OH is 1. The molecule has 8 nitrogen and oxygen atoms in total. The number of aryl methyl sites for hydroxylation is 1. The van der Waals surface area contributed by atoms with Crippen LogP contribution in [0.25, 0.3) is 6.08 Å². The van der Waals surface area contributed by atoms with E-state index in [-0.39, 0.29) is 24.1 Å². The van der Waals surface area contributed by atoms with E-state index in [0.29, 0.717) is 36.4 Å². The second-order valence-corrected chi connectivity index (χ2v) is 13.3. The third kappa shape index (κ3) is 9.38. The van der Waals surface area contributed by atoms with Crippen molar-refractivity contribution in [2.75, 3.05) is 63.9 Å². The van der Waals surface area contributed by atoms with Crippen molar-refractivity contribution in [1.29, 1.82) is 0 Å². The molecule has 3 atom stereocenters. The molecule has 1 heterocycles. The minimum atomic E-state index is -4.34. The van der Waals surface area contributed by atoms with Gasteiger partial charge in [0.2, 0.25) is 0 Å². The second-order valence-electron chi connectivity index (χ2n) is 11.3. The first-order valence-electron chi connectivity index (χ1n) is 14.5. The zero-order valence-electron chi connectivity index (χ0n) is 25.2. The van der Waals surface area contributed by atoms with Crippen molar-refractivity contribution < 1.29 is 36.2 Å². The van der Waals surface area contributed by atoms with Gasteiger partial charge in [-0.1, -0.05) is 24.0 Å². The number of nitrogens with zero attached hydrogens (tertiary/aromatic N) is 1. The molecule has 1 saturated heterocycles. The second kappa shape index (κ2) is 14.7. The van der Waals surface area contributed by atoms with E-state index in [2.05, 4.69) is 27.4 Å². The van der Waals surface area contributed by atoms with Gasteiger partial charge in [0.25, 0.3) is 0 Å². The van der Waals surface area contributed by atoms with E-state index in [1.807, 2.05) is 18.2 Å². The number of halogens is 3. The van der Waals surface area contributed by atoms with E-state index in [1.54, 1.807) is 19.3 Å². The molecule has 0 radical (unpaired) electrons. The lowest BCUT2D eigenvalue weighted by Gasteiger charge is -2.21. The number of benzene rings is 2. The largest absolute Gasteiger partial charge is 0.495 e. The van der Waals surface area contributed by atoms with Gasteiger partial charge in [0, 0.05) is 67.8 Å². The molecule has 3 N–H and O–H groups in total. The Hall–Kier alpha value is -3.24. The van der Waals surface area contributed by atoms with Gasteiger partial charge in [0.05, 0.1) is 43.4 Å². The third-order valence-electron chi connectivity index (χ3n) is 7.84. The maximum Gasteiger partial charge on any atom is 0.389 e. The molecule has 0 aromatic heterocycles. The predicted molar refractivity (Wildman–Crippen MR) is 166 cm³/mol. The standard InChI is InChI=1S/C32H40F3N3O5S/c1-42-21-26(39)20-38-15-13-25(19-38)37-29-8-4-6-22-9-10-24(18-32(33,34)35)23(16-28(22)29)7-5-14-36-30-12-11-27(44(3,40)41)17-31(30)43-2/h4,6,8,11-12,16-17,24-26,36-37,39H,9-10,13-15,18-21H2,1-3H3. The summed E-state index contributed by atoms with van der Waals surface area (Å²) in [6.45, 7) is 2.46. The SMILES string of the molecule is COCC(O)CN1CCC(Nc2cccc3c2C=C(C#CCNc2ccc(S(C)(=O)=O)cc2OC)C(CC(F)(F)F)CC3)C1. The van der Waals surface area contributed by atoms with Crippen molar-refractivity contribution in [3.63, 3.8) is 0 Å². The number of rotatable bonds is 11. The molecule has 0 saturated carbocycles. The molecule has 0 amide bonds. The van der Waals surface area contributed by atoms with Crippen molar-refractivity contribution in [2.45, 2.75) is 48.9 Å². The Morgan fingerprint density at radius 1 is 1.16 bits per heavy atom. The lowest BCUT2D eigenvalue weighted by Crippen LogP contribution is -2.34. The number of nitrogens with one attached hydrogen (secondary N) is 2. The fourth-order valence-electron chi connectivity index (χ4n) is 5.73. The molecule has 1 fully saturated rings. The van der Waals surface area contributed by atoms with Gasteiger partial charge < -0.3 is 25.2 Å². The van der Waals surface area contributed by atoms with E-state index >= 15 is 0 Å². The summed E-state index contributed by atoms with van der Waals surface area (Å²) in [4.78, 5) is 2.29. The average Bonchev–Trinajstić information content (AvgIpc) is 3.30.